The van der Waals surface area contributed by atoms with E-state index in [9.17, 15) is 8.42 Å². The van der Waals surface area contributed by atoms with Crippen molar-refractivity contribution in [3.63, 3.8) is 0 Å². The lowest BCUT2D eigenvalue weighted by Crippen LogP contribution is -2.23. The molecule has 0 N–H and O–H groups in total. The van der Waals surface area contributed by atoms with Gasteiger partial charge in [0.1, 0.15) is 0 Å². The Morgan fingerprint density at radius 3 is 3.00 bits per heavy atom. The average molecular weight is 275 g/mol. The molecule has 96 valence electrons. The fourth-order valence-electron chi connectivity index (χ4n) is 1.93. The highest BCUT2D eigenvalue weighted by molar-refractivity contribution is 7.91. The number of aromatic nitrogens is 1. The molecule has 0 spiro atoms. The molecule has 1 saturated heterocycles. The van der Waals surface area contributed by atoms with E-state index in [-0.39, 0.29) is 17.6 Å². The number of hydrogen-bond acceptors (Lipinski definition) is 5. The van der Waals surface area contributed by atoms with E-state index in [1.807, 2.05) is 12.3 Å². The maximum atomic E-state index is 11.9. The van der Waals surface area contributed by atoms with Crippen molar-refractivity contribution in [2.75, 3.05) is 18.1 Å². The first-order chi connectivity index (χ1) is 8.05. The zero-order valence-electron chi connectivity index (χ0n) is 9.89. The predicted octanol–water partition coefficient (Wildman–Crippen LogP) is 1.59. The Morgan fingerprint density at radius 1 is 1.59 bits per heavy atom. The molecule has 4 nitrogen and oxygen atoms in total. The molecule has 0 aliphatic carbocycles. The monoisotopic (exact) mass is 275 g/mol. The SMILES string of the molecule is Cc1nc(CCS(=O)(=O)C[C@H]2CCCO2)cs1. The molecule has 2 heterocycles. The van der Waals surface area contributed by atoms with Gasteiger partial charge in [-0.05, 0) is 19.8 Å². The van der Waals surface area contributed by atoms with Crippen molar-refractivity contribution in [3.05, 3.63) is 16.1 Å². The molecular formula is C11H17NO3S2. The van der Waals surface area contributed by atoms with Crippen LogP contribution in [0.15, 0.2) is 5.38 Å². The van der Waals surface area contributed by atoms with Crippen LogP contribution >= 0.6 is 11.3 Å². The van der Waals surface area contributed by atoms with Crippen LogP contribution < -0.4 is 0 Å². The number of rotatable bonds is 5. The first-order valence-corrected chi connectivity index (χ1v) is 8.48. The second-order valence-electron chi connectivity index (χ2n) is 4.36. The lowest BCUT2D eigenvalue weighted by atomic mass is 10.3. The largest absolute Gasteiger partial charge is 0.377 e. The van der Waals surface area contributed by atoms with Gasteiger partial charge in [-0.15, -0.1) is 11.3 Å². The molecule has 0 radical (unpaired) electrons. The van der Waals surface area contributed by atoms with Crippen molar-refractivity contribution in [2.24, 2.45) is 0 Å². The van der Waals surface area contributed by atoms with Crippen LogP contribution in [0.1, 0.15) is 23.5 Å². The highest BCUT2D eigenvalue weighted by Crippen LogP contribution is 2.15. The van der Waals surface area contributed by atoms with Crippen molar-refractivity contribution in [3.8, 4) is 0 Å². The molecule has 0 bridgehead atoms. The van der Waals surface area contributed by atoms with Crippen molar-refractivity contribution in [1.29, 1.82) is 0 Å². The summed E-state index contributed by atoms with van der Waals surface area (Å²) in [6.07, 6.45) is 2.28. The number of sulfone groups is 1. The van der Waals surface area contributed by atoms with Crippen molar-refractivity contribution in [1.82, 2.24) is 4.98 Å². The topological polar surface area (TPSA) is 56.3 Å². The van der Waals surface area contributed by atoms with E-state index < -0.39 is 9.84 Å². The maximum absolute atomic E-state index is 11.9. The van der Waals surface area contributed by atoms with E-state index in [1.165, 1.54) is 0 Å². The predicted molar refractivity (Wildman–Crippen MR) is 68.2 cm³/mol. The molecule has 17 heavy (non-hydrogen) atoms. The molecule has 1 atom stereocenters. The van der Waals surface area contributed by atoms with Crippen molar-refractivity contribution in [2.45, 2.75) is 32.3 Å². The van der Waals surface area contributed by atoms with Crippen LogP contribution in [0, 0.1) is 6.92 Å². The fourth-order valence-corrected chi connectivity index (χ4v) is 4.09. The van der Waals surface area contributed by atoms with Gasteiger partial charge >= 0.3 is 0 Å². The van der Waals surface area contributed by atoms with Gasteiger partial charge in [-0.1, -0.05) is 0 Å². The van der Waals surface area contributed by atoms with Crippen LogP contribution in [0.3, 0.4) is 0 Å². The summed E-state index contributed by atoms with van der Waals surface area (Å²) in [6.45, 7) is 2.63. The van der Waals surface area contributed by atoms with Crippen LogP contribution in [0.2, 0.25) is 0 Å². The van der Waals surface area contributed by atoms with Gasteiger partial charge in [0.15, 0.2) is 9.84 Å². The number of aryl methyl sites for hydroxylation is 2. The molecule has 0 aromatic carbocycles. The summed E-state index contributed by atoms with van der Waals surface area (Å²) in [6, 6.07) is 0. The molecule has 1 aromatic rings. The molecule has 6 heteroatoms. The average Bonchev–Trinajstić information content (AvgIpc) is 2.86. The van der Waals surface area contributed by atoms with E-state index in [4.69, 9.17) is 4.74 Å². The van der Waals surface area contributed by atoms with E-state index in [0.29, 0.717) is 13.0 Å². The minimum absolute atomic E-state index is 0.0860. The Bertz CT molecular complexity index is 461. The quantitative estimate of drug-likeness (QED) is 0.819. The summed E-state index contributed by atoms with van der Waals surface area (Å²) >= 11 is 1.56. The second kappa shape index (κ2) is 5.46. The molecular weight excluding hydrogens is 258 g/mol. The van der Waals surface area contributed by atoms with Gasteiger partial charge in [0.05, 0.1) is 28.3 Å². The Labute approximate surface area is 106 Å². The summed E-state index contributed by atoms with van der Waals surface area (Å²) in [5.74, 6) is 0.339. The molecule has 1 fully saturated rings. The molecule has 0 unspecified atom stereocenters. The Kier molecular flexibility index (Phi) is 4.17. The molecule has 0 amide bonds. The fraction of sp³-hybridized carbons (Fsp3) is 0.727. The summed E-state index contributed by atoms with van der Waals surface area (Å²) in [5, 5.41) is 2.91. The molecule has 1 aliphatic rings. The van der Waals surface area contributed by atoms with Gasteiger partial charge in [-0.3, -0.25) is 0 Å². The lowest BCUT2D eigenvalue weighted by molar-refractivity contribution is 0.127. The molecule has 0 saturated carbocycles. The summed E-state index contributed by atoms with van der Waals surface area (Å²) < 4.78 is 29.1. The van der Waals surface area contributed by atoms with Gasteiger partial charge in [0.2, 0.25) is 0 Å². The van der Waals surface area contributed by atoms with E-state index in [2.05, 4.69) is 4.98 Å². The van der Waals surface area contributed by atoms with E-state index in [0.717, 1.165) is 23.5 Å². The van der Waals surface area contributed by atoms with Gasteiger partial charge in [-0.2, -0.15) is 0 Å². The maximum Gasteiger partial charge on any atom is 0.153 e. The Morgan fingerprint density at radius 2 is 2.41 bits per heavy atom. The minimum Gasteiger partial charge on any atom is -0.377 e. The van der Waals surface area contributed by atoms with Gasteiger partial charge in [-0.25, -0.2) is 13.4 Å². The minimum atomic E-state index is -3.01. The van der Waals surface area contributed by atoms with Crippen LogP contribution in [-0.2, 0) is 21.0 Å². The zero-order chi connectivity index (χ0) is 12.3. The zero-order valence-corrected chi connectivity index (χ0v) is 11.5. The number of ether oxygens (including phenoxy) is 1. The first kappa shape index (κ1) is 13.0. The highest BCUT2D eigenvalue weighted by Gasteiger charge is 2.23. The number of hydrogen-bond donors (Lipinski definition) is 0. The van der Waals surface area contributed by atoms with Crippen LogP contribution in [0.5, 0.6) is 0 Å². The van der Waals surface area contributed by atoms with Gasteiger partial charge in [0, 0.05) is 18.4 Å². The van der Waals surface area contributed by atoms with Gasteiger partial charge in [0.25, 0.3) is 0 Å². The van der Waals surface area contributed by atoms with Crippen molar-refractivity contribution < 1.29 is 13.2 Å². The summed E-state index contributed by atoms with van der Waals surface area (Å²) in [5.41, 5.74) is 0.878. The first-order valence-electron chi connectivity index (χ1n) is 5.78. The number of thiazole rings is 1. The van der Waals surface area contributed by atoms with Crippen LogP contribution in [-0.4, -0.2) is 37.6 Å². The lowest BCUT2D eigenvalue weighted by Gasteiger charge is -2.09. The molecule has 1 aliphatic heterocycles. The van der Waals surface area contributed by atoms with E-state index >= 15 is 0 Å². The standard InChI is InChI=1S/C11H17NO3S2/c1-9-12-10(7-16-9)4-6-17(13,14)8-11-3-2-5-15-11/h7,11H,2-6,8H2,1H3/t11-/m1/s1. The van der Waals surface area contributed by atoms with Crippen molar-refractivity contribution >= 4 is 21.2 Å². The third-order valence-corrected chi connectivity index (χ3v) is 5.33. The third kappa shape index (κ3) is 4.04. The van der Waals surface area contributed by atoms with Gasteiger partial charge < -0.3 is 4.74 Å². The van der Waals surface area contributed by atoms with Crippen LogP contribution in [0.25, 0.3) is 0 Å². The smallest absolute Gasteiger partial charge is 0.153 e. The summed E-state index contributed by atoms with van der Waals surface area (Å²) in [7, 11) is -3.01. The number of nitrogens with zero attached hydrogens (tertiary/aromatic N) is 1. The third-order valence-electron chi connectivity index (χ3n) is 2.80. The normalized spacial score (nSPS) is 20.9. The molecule has 2 rings (SSSR count). The second-order valence-corrected chi connectivity index (χ2v) is 7.65. The highest BCUT2D eigenvalue weighted by atomic mass is 32.2. The Hall–Kier alpha value is -0.460. The van der Waals surface area contributed by atoms with E-state index in [1.54, 1.807) is 11.3 Å². The Balaban J connectivity index is 1.84. The molecule has 1 aromatic heterocycles. The summed E-state index contributed by atoms with van der Waals surface area (Å²) in [4.78, 5) is 4.27. The van der Waals surface area contributed by atoms with Crippen LogP contribution in [0.4, 0.5) is 0 Å².